The number of nitrogens with two attached hydrogens (primary N) is 1. The second-order valence-electron chi connectivity index (χ2n) is 28.9. The van der Waals surface area contributed by atoms with Gasteiger partial charge in [0, 0.05) is 43.5 Å². The lowest BCUT2D eigenvalue weighted by atomic mass is 9.77. The van der Waals surface area contributed by atoms with Crippen LogP contribution in [0.25, 0.3) is 21.7 Å². The first-order valence-electron chi connectivity index (χ1n) is 34.2. The Bertz CT molecular complexity index is 4230. The molecule has 2 heterocycles. The number of rotatable bonds is 28. The van der Waals surface area contributed by atoms with Gasteiger partial charge in [0.25, 0.3) is 0 Å². The fourth-order valence-electron chi connectivity index (χ4n) is 12.3. The molecule has 2 aromatic heterocycles. The molecule has 0 bridgehead atoms. The number of para-hydroxylation sites is 1. The average molecular weight is 1370 g/mol. The molecule has 0 radical (unpaired) electrons. The third-order valence-corrected chi connectivity index (χ3v) is 16.9. The van der Waals surface area contributed by atoms with Gasteiger partial charge in [-0.2, -0.15) is 0 Å². The normalized spacial score (nSPS) is 13.8. The zero-order chi connectivity index (χ0) is 72.8. The maximum atomic E-state index is 15.5. The minimum Gasteiger partial charge on any atom is -0.488 e. The first-order valence-corrected chi connectivity index (χ1v) is 34.2. The number of esters is 1. The van der Waals surface area contributed by atoms with Crippen molar-refractivity contribution in [1.82, 2.24) is 40.7 Å². The van der Waals surface area contributed by atoms with Gasteiger partial charge in [-0.1, -0.05) is 178 Å². The number of benzene rings is 7. The molecule has 101 heavy (non-hydrogen) atoms. The highest BCUT2D eigenvalue weighted by Crippen LogP contribution is 2.41. The van der Waals surface area contributed by atoms with Gasteiger partial charge >= 0.3 is 12.1 Å². The summed E-state index contributed by atoms with van der Waals surface area (Å²) in [5, 5.41) is 16.9. The van der Waals surface area contributed by atoms with E-state index in [0.29, 0.717) is 39.0 Å². The van der Waals surface area contributed by atoms with Gasteiger partial charge in [0.15, 0.2) is 0 Å². The predicted octanol–water partition coefficient (Wildman–Crippen LogP) is 10.8. The zero-order valence-electron chi connectivity index (χ0n) is 59.7. The molecule has 0 saturated heterocycles. The molecular formula is C81H95N9O11. The summed E-state index contributed by atoms with van der Waals surface area (Å²) >= 11 is 0. The molecule has 7 N–H and O–H groups in total. The Morgan fingerprint density at radius 3 is 1.52 bits per heavy atom. The molecule has 6 atom stereocenters. The molecule has 0 aliphatic rings. The van der Waals surface area contributed by atoms with Gasteiger partial charge in [0.05, 0.1) is 42.9 Å². The quantitative estimate of drug-likeness (QED) is 0.0197. The largest absolute Gasteiger partial charge is 0.488 e. The van der Waals surface area contributed by atoms with Crippen LogP contribution in [-0.2, 0) is 74.2 Å². The van der Waals surface area contributed by atoms with Crippen LogP contribution in [-0.4, -0.2) is 122 Å². The van der Waals surface area contributed by atoms with Gasteiger partial charge in [-0.05, 0) is 137 Å². The first-order chi connectivity index (χ1) is 48.0. The number of amides is 5. The zero-order valence-corrected chi connectivity index (χ0v) is 59.7. The van der Waals surface area contributed by atoms with Crippen molar-refractivity contribution in [3.8, 4) is 5.75 Å². The van der Waals surface area contributed by atoms with Crippen LogP contribution in [0, 0.1) is 5.92 Å². The van der Waals surface area contributed by atoms with Crippen molar-refractivity contribution in [3.05, 3.63) is 240 Å². The number of imidazole rings is 1. The molecular weight excluding hydrogens is 1270 g/mol. The van der Waals surface area contributed by atoms with Crippen molar-refractivity contribution in [2.45, 2.75) is 167 Å². The Kier molecular flexibility index (Phi) is 24.2. The standard InChI is InChI=1S/C81H95N9O11/c1-52(2)42-68(76(96)98-12)87-73(93)66(45-54-36-39-55-26-22-23-27-56(55)43-54)85-72(92)65(44-53-37-40-62(41-38-53)100-79(6,7)8)86-75(95)69(50-99-78(3,4)5)88-74(94)67(46-57-48-90(77(97)101-80(9,10)11)70-35-25-24-34-63(57)70)84-71(91)64(82)47-61-49-89(51-83-61)81(58-28-16-13-17-29-58,59-30-18-14-19-31-59)60-32-20-15-21-33-60/h13-41,43,48-49,51-52,64-69H,42,44-47,50,82H2,1-12H3,(H,84,91)(H,85,92)(H,86,95)(H,87,93)(H,88,94)/t64-,65-,66+,67-,68-,69-/m0/s1. The summed E-state index contributed by atoms with van der Waals surface area (Å²) in [6, 6.07) is 49.5. The number of fused-ring (bicyclic) bond motifs is 2. The molecule has 7 aromatic carbocycles. The Balaban J connectivity index is 1.06. The molecule has 0 aliphatic heterocycles. The Hall–Kier alpha value is -10.4. The van der Waals surface area contributed by atoms with E-state index < -0.39 is 107 Å². The Morgan fingerprint density at radius 1 is 0.495 bits per heavy atom. The second-order valence-corrected chi connectivity index (χ2v) is 28.9. The van der Waals surface area contributed by atoms with Crippen molar-refractivity contribution in [2.24, 2.45) is 11.7 Å². The number of nitrogens with one attached hydrogen (secondary N) is 5. The van der Waals surface area contributed by atoms with Crippen LogP contribution in [0.2, 0.25) is 0 Å². The number of nitrogens with zero attached hydrogens (tertiary/aromatic N) is 3. The van der Waals surface area contributed by atoms with E-state index in [9.17, 15) is 19.2 Å². The summed E-state index contributed by atoms with van der Waals surface area (Å²) in [6.45, 7) is 19.7. The third kappa shape index (κ3) is 19.9. The highest BCUT2D eigenvalue weighted by Gasteiger charge is 2.40. The summed E-state index contributed by atoms with van der Waals surface area (Å²) in [6.07, 6.45) is 4.26. The summed E-state index contributed by atoms with van der Waals surface area (Å²) in [4.78, 5) is 108. The van der Waals surface area contributed by atoms with Crippen LogP contribution in [0.4, 0.5) is 4.79 Å². The van der Waals surface area contributed by atoms with E-state index in [4.69, 9.17) is 29.7 Å². The molecule has 0 spiro atoms. The van der Waals surface area contributed by atoms with Crippen molar-refractivity contribution < 1.29 is 52.5 Å². The fourth-order valence-corrected chi connectivity index (χ4v) is 12.3. The van der Waals surface area contributed by atoms with E-state index in [-0.39, 0.29) is 38.0 Å². The second kappa shape index (κ2) is 32.7. The van der Waals surface area contributed by atoms with Gasteiger partial charge in [0.1, 0.15) is 52.7 Å². The minimum atomic E-state index is -1.55. The number of aromatic nitrogens is 3. The number of carbonyl (C=O) groups is 7. The fraction of sp³-hybridized carbons (Fsp3) is 0.358. The van der Waals surface area contributed by atoms with Crippen LogP contribution in [0.15, 0.2) is 201 Å². The van der Waals surface area contributed by atoms with E-state index in [1.807, 2.05) is 142 Å². The van der Waals surface area contributed by atoms with Crippen LogP contribution < -0.4 is 37.1 Å². The Labute approximate surface area is 591 Å². The lowest BCUT2D eigenvalue weighted by Crippen LogP contribution is -2.61. The molecule has 0 aliphatic carbocycles. The highest BCUT2D eigenvalue weighted by molar-refractivity contribution is 5.98. The summed E-state index contributed by atoms with van der Waals surface area (Å²) in [7, 11) is 1.24. The van der Waals surface area contributed by atoms with Gasteiger partial charge in [0.2, 0.25) is 29.5 Å². The van der Waals surface area contributed by atoms with Crippen molar-refractivity contribution in [2.75, 3.05) is 13.7 Å². The van der Waals surface area contributed by atoms with Crippen LogP contribution in [0.3, 0.4) is 0 Å². The van der Waals surface area contributed by atoms with Crippen LogP contribution in [0.5, 0.6) is 5.75 Å². The molecule has 9 aromatic rings. The number of hydrogen-bond acceptors (Lipinski definition) is 13. The topological polar surface area (TPSA) is 265 Å². The molecule has 20 nitrogen and oxygen atoms in total. The minimum absolute atomic E-state index is 0.0243. The van der Waals surface area contributed by atoms with Crippen molar-refractivity contribution in [3.63, 3.8) is 0 Å². The number of methoxy groups -OCH3 is 1. The molecule has 0 unspecified atom stereocenters. The third-order valence-electron chi connectivity index (χ3n) is 16.9. The van der Waals surface area contributed by atoms with Crippen molar-refractivity contribution in [1.29, 1.82) is 0 Å². The monoisotopic (exact) mass is 1370 g/mol. The number of ether oxygens (including phenoxy) is 4. The number of carbonyl (C=O) groups excluding carboxylic acids is 7. The van der Waals surface area contributed by atoms with Gasteiger partial charge in [-0.3, -0.25) is 28.5 Å². The van der Waals surface area contributed by atoms with E-state index in [1.165, 1.54) is 11.7 Å². The molecule has 20 heteroatoms. The number of hydrogen-bond donors (Lipinski definition) is 6. The Morgan fingerprint density at radius 2 is 0.980 bits per heavy atom. The summed E-state index contributed by atoms with van der Waals surface area (Å²) in [5.41, 5.74) is 9.27. The van der Waals surface area contributed by atoms with Gasteiger partial charge in [-0.25, -0.2) is 14.6 Å². The van der Waals surface area contributed by atoms with Gasteiger partial charge in [-0.15, -0.1) is 0 Å². The summed E-state index contributed by atoms with van der Waals surface area (Å²) < 4.78 is 26.7. The van der Waals surface area contributed by atoms with Gasteiger partial charge < -0.3 is 55.8 Å². The predicted molar refractivity (Wildman–Crippen MR) is 391 cm³/mol. The van der Waals surface area contributed by atoms with Crippen molar-refractivity contribution >= 4 is 63.3 Å². The summed E-state index contributed by atoms with van der Waals surface area (Å²) in [5.74, 6) is -4.01. The van der Waals surface area contributed by atoms with E-state index in [0.717, 1.165) is 27.5 Å². The van der Waals surface area contributed by atoms with Crippen LogP contribution >= 0.6 is 0 Å². The molecule has 0 saturated carbocycles. The smallest absolute Gasteiger partial charge is 0.419 e. The maximum Gasteiger partial charge on any atom is 0.419 e. The first kappa shape index (κ1) is 74.8. The lowest BCUT2D eigenvalue weighted by Gasteiger charge is -2.37. The van der Waals surface area contributed by atoms with E-state index in [1.54, 1.807) is 103 Å². The molecule has 9 rings (SSSR count). The van der Waals surface area contributed by atoms with Crippen LogP contribution in [0.1, 0.15) is 122 Å². The lowest BCUT2D eigenvalue weighted by molar-refractivity contribution is -0.146. The average Bonchev–Trinajstić information content (AvgIpc) is 1.69. The molecule has 0 fully saturated rings. The SMILES string of the molecule is COC(=O)[C@H](CC(C)C)NC(=O)[C@@H](Cc1ccc2ccccc2c1)NC(=O)[C@H](Cc1ccc(OC(C)(C)C)cc1)NC(=O)[C@H](COC(C)(C)C)NC(=O)[C@H](Cc1cn(C(=O)OC(C)(C)C)c2ccccc12)NC(=O)[C@@H](N)Cc1cn(C(c2ccccc2)(c2ccccc2)c2ccccc2)cn1. The maximum absolute atomic E-state index is 15.5. The van der Waals surface area contributed by atoms with E-state index in [2.05, 4.69) is 63.0 Å². The molecule has 5 amide bonds. The van der Waals surface area contributed by atoms with E-state index >= 15 is 14.4 Å². The molecule has 530 valence electrons. The highest BCUT2D eigenvalue weighted by atomic mass is 16.6.